The summed E-state index contributed by atoms with van der Waals surface area (Å²) in [5.41, 5.74) is 4.99. The maximum absolute atomic E-state index is 6.10. The predicted molar refractivity (Wildman–Crippen MR) is 101 cm³/mol. The Bertz CT molecular complexity index is 1070. The summed E-state index contributed by atoms with van der Waals surface area (Å²) < 4.78 is 1.76. The molecule has 2 heterocycles. The first-order valence-electron chi connectivity index (χ1n) is 7.91. The minimum Gasteiger partial charge on any atom is -0.339 e. The van der Waals surface area contributed by atoms with E-state index in [4.69, 9.17) is 11.6 Å². The van der Waals surface area contributed by atoms with E-state index in [9.17, 15) is 0 Å². The van der Waals surface area contributed by atoms with Crippen molar-refractivity contribution < 1.29 is 0 Å². The number of benzene rings is 2. The number of fused-ring (bicyclic) bond motifs is 1. The summed E-state index contributed by atoms with van der Waals surface area (Å²) in [5.74, 6) is 0.727. The Hall–Kier alpha value is -2.92. The van der Waals surface area contributed by atoms with E-state index < -0.39 is 0 Å². The van der Waals surface area contributed by atoms with Gasteiger partial charge in [-0.3, -0.25) is 0 Å². The predicted octanol–water partition coefficient (Wildman–Crippen LogP) is 4.83. The van der Waals surface area contributed by atoms with Crippen LogP contribution in [0.5, 0.6) is 0 Å². The highest BCUT2D eigenvalue weighted by atomic mass is 35.5. The van der Waals surface area contributed by atoms with Gasteiger partial charge in [-0.2, -0.15) is 5.10 Å². The Balaban J connectivity index is 1.79. The molecule has 0 spiro atoms. The third kappa shape index (κ3) is 2.94. The molecular formula is C19H16ClN5. The minimum absolute atomic E-state index is 0.656. The summed E-state index contributed by atoms with van der Waals surface area (Å²) in [5, 5.41) is 9.35. The number of aryl methyl sites for hydroxylation is 2. The van der Waals surface area contributed by atoms with E-state index >= 15 is 0 Å². The molecule has 4 aromatic rings. The lowest BCUT2D eigenvalue weighted by atomic mass is 10.1. The molecule has 0 aliphatic heterocycles. The van der Waals surface area contributed by atoms with E-state index in [0.717, 1.165) is 33.8 Å². The average Bonchev–Trinajstić information content (AvgIpc) is 3.02. The fourth-order valence-corrected chi connectivity index (χ4v) is 3.01. The van der Waals surface area contributed by atoms with Crippen LogP contribution in [0.15, 0.2) is 55.0 Å². The largest absolute Gasteiger partial charge is 0.339 e. The third-order valence-electron chi connectivity index (χ3n) is 4.05. The smallest absolute Gasteiger partial charge is 0.168 e. The number of rotatable bonds is 3. The maximum Gasteiger partial charge on any atom is 0.168 e. The number of hydrogen-bond donors (Lipinski definition) is 1. The Kier molecular flexibility index (Phi) is 3.86. The molecular weight excluding hydrogens is 334 g/mol. The first-order valence-corrected chi connectivity index (χ1v) is 8.28. The Morgan fingerprint density at radius 3 is 2.72 bits per heavy atom. The van der Waals surface area contributed by atoms with Crippen LogP contribution in [0.2, 0.25) is 5.02 Å². The van der Waals surface area contributed by atoms with E-state index in [1.54, 1.807) is 10.9 Å². The van der Waals surface area contributed by atoms with Crippen molar-refractivity contribution in [1.29, 1.82) is 0 Å². The number of aromatic nitrogens is 4. The lowest BCUT2D eigenvalue weighted by Crippen LogP contribution is -2.00. The van der Waals surface area contributed by atoms with Crippen LogP contribution in [0.1, 0.15) is 11.1 Å². The van der Waals surface area contributed by atoms with E-state index in [0.29, 0.717) is 5.02 Å². The van der Waals surface area contributed by atoms with Gasteiger partial charge in [-0.05, 0) is 43.7 Å². The first kappa shape index (κ1) is 15.6. The highest BCUT2D eigenvalue weighted by Gasteiger charge is 2.12. The third-order valence-corrected chi connectivity index (χ3v) is 4.29. The molecule has 0 aliphatic rings. The highest BCUT2D eigenvalue weighted by Crippen LogP contribution is 2.27. The van der Waals surface area contributed by atoms with Crippen molar-refractivity contribution in [1.82, 2.24) is 19.7 Å². The molecule has 6 heteroatoms. The molecule has 5 nitrogen and oxygen atoms in total. The molecule has 0 saturated heterocycles. The molecule has 0 saturated carbocycles. The van der Waals surface area contributed by atoms with Gasteiger partial charge in [0.05, 0.1) is 17.3 Å². The van der Waals surface area contributed by atoms with Crippen molar-refractivity contribution in [2.45, 2.75) is 13.8 Å². The zero-order valence-electron chi connectivity index (χ0n) is 13.9. The van der Waals surface area contributed by atoms with Gasteiger partial charge < -0.3 is 5.32 Å². The average molecular weight is 350 g/mol. The minimum atomic E-state index is 0.656. The van der Waals surface area contributed by atoms with Crippen molar-refractivity contribution in [2.75, 3.05) is 5.32 Å². The van der Waals surface area contributed by atoms with E-state index in [2.05, 4.69) is 52.4 Å². The number of hydrogen-bond acceptors (Lipinski definition) is 4. The van der Waals surface area contributed by atoms with Gasteiger partial charge >= 0.3 is 0 Å². The number of nitrogens with one attached hydrogen (secondary N) is 1. The Morgan fingerprint density at radius 1 is 1.04 bits per heavy atom. The van der Waals surface area contributed by atoms with Crippen molar-refractivity contribution in [3.63, 3.8) is 0 Å². The molecule has 0 bridgehead atoms. The van der Waals surface area contributed by atoms with Gasteiger partial charge in [-0.15, -0.1) is 0 Å². The Labute approximate surface area is 150 Å². The molecule has 124 valence electrons. The fourth-order valence-electron chi connectivity index (χ4n) is 2.82. The van der Waals surface area contributed by atoms with Crippen molar-refractivity contribution in [3.05, 3.63) is 71.1 Å². The van der Waals surface area contributed by atoms with Crippen LogP contribution in [-0.4, -0.2) is 19.7 Å². The van der Waals surface area contributed by atoms with Gasteiger partial charge in [-0.1, -0.05) is 35.4 Å². The summed E-state index contributed by atoms with van der Waals surface area (Å²) in [7, 11) is 0. The van der Waals surface area contributed by atoms with Crippen LogP contribution >= 0.6 is 11.6 Å². The van der Waals surface area contributed by atoms with Crippen LogP contribution in [0.25, 0.3) is 16.7 Å². The Morgan fingerprint density at radius 2 is 1.92 bits per heavy atom. The molecule has 1 N–H and O–H groups in total. The highest BCUT2D eigenvalue weighted by molar-refractivity contribution is 6.30. The standard InChI is InChI=1S/C19H16ClN5/c1-12-6-7-17(13(2)8-12)24-18-16-10-23-25(19(16)22-11-21-18)15-5-3-4-14(20)9-15/h3-11H,1-2H3,(H,21,22,24). The number of nitrogens with zero attached hydrogens (tertiary/aromatic N) is 4. The van der Waals surface area contributed by atoms with Crippen molar-refractivity contribution >= 4 is 34.1 Å². The number of halogens is 1. The normalized spacial score (nSPS) is 11.0. The molecule has 0 radical (unpaired) electrons. The van der Waals surface area contributed by atoms with Gasteiger partial charge in [0.15, 0.2) is 5.65 Å². The van der Waals surface area contributed by atoms with Gasteiger partial charge in [0, 0.05) is 10.7 Å². The van der Waals surface area contributed by atoms with E-state index in [-0.39, 0.29) is 0 Å². The van der Waals surface area contributed by atoms with Gasteiger partial charge in [0.2, 0.25) is 0 Å². The zero-order valence-corrected chi connectivity index (χ0v) is 14.6. The van der Waals surface area contributed by atoms with E-state index in [1.165, 1.54) is 11.9 Å². The SMILES string of the molecule is Cc1ccc(Nc2ncnc3c2cnn3-c2cccc(Cl)c2)c(C)c1. The lowest BCUT2D eigenvalue weighted by molar-refractivity contribution is 0.895. The second-order valence-corrected chi connectivity index (χ2v) is 6.38. The fraction of sp³-hybridized carbons (Fsp3) is 0.105. The molecule has 0 fully saturated rings. The van der Waals surface area contributed by atoms with Crippen LogP contribution in [0.4, 0.5) is 11.5 Å². The van der Waals surface area contributed by atoms with Crippen LogP contribution < -0.4 is 5.32 Å². The lowest BCUT2D eigenvalue weighted by Gasteiger charge is -2.10. The second kappa shape index (κ2) is 6.18. The molecule has 0 unspecified atom stereocenters. The number of anilines is 2. The summed E-state index contributed by atoms with van der Waals surface area (Å²) in [4.78, 5) is 8.78. The molecule has 0 aliphatic carbocycles. The summed E-state index contributed by atoms with van der Waals surface area (Å²) in [6.45, 7) is 4.15. The zero-order chi connectivity index (χ0) is 17.4. The molecule has 0 amide bonds. The summed E-state index contributed by atoms with van der Waals surface area (Å²) in [6.07, 6.45) is 3.30. The van der Waals surface area contributed by atoms with Crippen molar-refractivity contribution in [3.8, 4) is 5.69 Å². The summed E-state index contributed by atoms with van der Waals surface area (Å²) >= 11 is 6.10. The molecule has 2 aromatic heterocycles. The molecule has 4 rings (SSSR count). The van der Waals surface area contributed by atoms with Crippen molar-refractivity contribution in [2.24, 2.45) is 0 Å². The maximum atomic E-state index is 6.10. The van der Waals surface area contributed by atoms with Gasteiger partial charge in [-0.25, -0.2) is 14.6 Å². The summed E-state index contributed by atoms with van der Waals surface area (Å²) in [6, 6.07) is 13.8. The van der Waals surface area contributed by atoms with Crippen LogP contribution in [-0.2, 0) is 0 Å². The van der Waals surface area contributed by atoms with E-state index in [1.807, 2.05) is 24.3 Å². The van der Waals surface area contributed by atoms with Gasteiger partial charge in [0.25, 0.3) is 0 Å². The molecule has 2 aromatic carbocycles. The first-order chi connectivity index (χ1) is 12.1. The topological polar surface area (TPSA) is 55.6 Å². The van der Waals surface area contributed by atoms with Crippen LogP contribution in [0, 0.1) is 13.8 Å². The quantitative estimate of drug-likeness (QED) is 0.575. The molecule has 0 atom stereocenters. The second-order valence-electron chi connectivity index (χ2n) is 5.94. The van der Waals surface area contributed by atoms with Gasteiger partial charge in [0.1, 0.15) is 12.1 Å². The molecule has 25 heavy (non-hydrogen) atoms. The van der Waals surface area contributed by atoms with Crippen LogP contribution in [0.3, 0.4) is 0 Å². The monoisotopic (exact) mass is 349 g/mol.